The van der Waals surface area contributed by atoms with E-state index in [1.54, 1.807) is 0 Å². The van der Waals surface area contributed by atoms with Crippen molar-refractivity contribution in [2.45, 2.75) is 39.7 Å². The lowest BCUT2D eigenvalue weighted by atomic mass is 9.89. The molecular weight excluding hydrogens is 238 g/mol. The van der Waals surface area contributed by atoms with Crippen LogP contribution in [0, 0.1) is 5.41 Å². The number of esters is 1. The second-order valence-corrected chi connectivity index (χ2v) is 5.64. The van der Waals surface area contributed by atoms with Crippen LogP contribution in [0.3, 0.4) is 0 Å². The van der Waals surface area contributed by atoms with Crippen molar-refractivity contribution in [2.24, 2.45) is 5.41 Å². The minimum atomic E-state index is -0.185. The molecule has 0 aliphatic rings. The van der Waals surface area contributed by atoms with Crippen LogP contribution in [-0.2, 0) is 9.53 Å². The monoisotopic (exact) mass is 263 g/mol. The third kappa shape index (κ3) is 5.43. The van der Waals surface area contributed by atoms with E-state index in [0.29, 0.717) is 6.42 Å². The van der Waals surface area contributed by atoms with Gasteiger partial charge in [0.15, 0.2) is 0 Å². The fraction of sp³-hybridized carbons (Fsp3) is 0.562. The predicted molar refractivity (Wildman–Crippen MR) is 77.9 cm³/mol. The molecule has 19 heavy (non-hydrogen) atoms. The highest BCUT2D eigenvalue weighted by Gasteiger charge is 2.20. The van der Waals surface area contributed by atoms with Crippen molar-refractivity contribution >= 4 is 5.97 Å². The maximum absolute atomic E-state index is 11.5. The highest BCUT2D eigenvalue weighted by Crippen LogP contribution is 2.22. The van der Waals surface area contributed by atoms with E-state index in [4.69, 9.17) is 4.74 Å². The van der Waals surface area contributed by atoms with Crippen LogP contribution in [-0.4, -0.2) is 19.6 Å². The van der Waals surface area contributed by atoms with Gasteiger partial charge in [-0.3, -0.25) is 4.79 Å². The summed E-state index contributed by atoms with van der Waals surface area (Å²) in [6.07, 6.45) is 1.46. The third-order valence-corrected chi connectivity index (χ3v) is 3.58. The van der Waals surface area contributed by atoms with Gasteiger partial charge < -0.3 is 10.1 Å². The molecule has 0 bridgehead atoms. The molecule has 0 heterocycles. The van der Waals surface area contributed by atoms with Gasteiger partial charge in [0, 0.05) is 12.6 Å². The Morgan fingerprint density at radius 3 is 2.47 bits per heavy atom. The first-order chi connectivity index (χ1) is 8.98. The van der Waals surface area contributed by atoms with Gasteiger partial charge in [-0.1, -0.05) is 51.1 Å². The van der Waals surface area contributed by atoms with E-state index >= 15 is 0 Å². The molecule has 3 nitrogen and oxygen atoms in total. The topological polar surface area (TPSA) is 38.3 Å². The van der Waals surface area contributed by atoms with Gasteiger partial charge in [-0.2, -0.15) is 0 Å². The largest absolute Gasteiger partial charge is 0.469 e. The lowest BCUT2D eigenvalue weighted by Gasteiger charge is -2.27. The van der Waals surface area contributed by atoms with Crippen LogP contribution in [0.4, 0.5) is 0 Å². The van der Waals surface area contributed by atoms with Crippen molar-refractivity contribution < 1.29 is 9.53 Å². The number of ether oxygens (including phenoxy) is 1. The molecule has 1 atom stereocenters. The second kappa shape index (κ2) is 7.29. The zero-order valence-electron chi connectivity index (χ0n) is 12.4. The lowest BCUT2D eigenvalue weighted by Crippen LogP contribution is -2.33. The minimum absolute atomic E-state index is 0.0134. The molecule has 0 amide bonds. The van der Waals surface area contributed by atoms with Crippen molar-refractivity contribution in [3.8, 4) is 0 Å². The maximum Gasteiger partial charge on any atom is 0.307 e. The van der Waals surface area contributed by atoms with Crippen LogP contribution in [0.25, 0.3) is 0 Å². The number of hydrogen-bond acceptors (Lipinski definition) is 3. The fourth-order valence-corrected chi connectivity index (χ4v) is 1.77. The Hall–Kier alpha value is -1.35. The maximum atomic E-state index is 11.5. The number of hydrogen-bond donors (Lipinski definition) is 1. The summed E-state index contributed by atoms with van der Waals surface area (Å²) in [6, 6.07) is 10.1. The number of nitrogens with one attached hydrogen (secondary N) is 1. The fourth-order valence-electron chi connectivity index (χ4n) is 1.77. The highest BCUT2D eigenvalue weighted by molar-refractivity contribution is 5.70. The molecule has 0 saturated carbocycles. The van der Waals surface area contributed by atoms with E-state index in [9.17, 15) is 4.79 Å². The van der Waals surface area contributed by atoms with E-state index in [0.717, 1.165) is 18.5 Å². The van der Waals surface area contributed by atoms with Gasteiger partial charge in [0.2, 0.25) is 0 Å². The van der Waals surface area contributed by atoms with Crippen LogP contribution in [0.1, 0.15) is 45.2 Å². The van der Waals surface area contributed by atoms with Crippen molar-refractivity contribution in [1.82, 2.24) is 5.32 Å². The van der Waals surface area contributed by atoms with Crippen LogP contribution in [0.5, 0.6) is 0 Å². The molecule has 0 aliphatic carbocycles. The average molecular weight is 263 g/mol. The summed E-state index contributed by atoms with van der Waals surface area (Å²) in [4.78, 5) is 11.5. The first-order valence-corrected chi connectivity index (χ1v) is 6.83. The van der Waals surface area contributed by atoms with Crippen molar-refractivity contribution in [3.63, 3.8) is 0 Å². The molecule has 1 aromatic carbocycles. The number of carbonyl (C=O) groups excluding carboxylic acids is 1. The van der Waals surface area contributed by atoms with Crippen molar-refractivity contribution in [3.05, 3.63) is 35.9 Å². The Kier molecular flexibility index (Phi) is 6.03. The molecule has 0 aromatic heterocycles. The first kappa shape index (κ1) is 15.7. The van der Waals surface area contributed by atoms with Gasteiger partial charge in [0.05, 0.1) is 13.5 Å². The minimum Gasteiger partial charge on any atom is -0.469 e. The van der Waals surface area contributed by atoms with Crippen LogP contribution in [0.15, 0.2) is 30.3 Å². The zero-order chi connectivity index (χ0) is 14.3. The van der Waals surface area contributed by atoms with E-state index in [1.165, 1.54) is 7.11 Å². The molecule has 106 valence electrons. The van der Waals surface area contributed by atoms with Crippen LogP contribution < -0.4 is 5.32 Å². The molecule has 3 heteroatoms. The molecule has 0 fully saturated rings. The molecule has 0 spiro atoms. The third-order valence-electron chi connectivity index (χ3n) is 3.58. The van der Waals surface area contributed by atoms with E-state index in [1.807, 2.05) is 30.3 Å². The van der Waals surface area contributed by atoms with Gasteiger partial charge >= 0.3 is 5.97 Å². The van der Waals surface area contributed by atoms with E-state index < -0.39 is 0 Å². The lowest BCUT2D eigenvalue weighted by molar-refractivity contribution is -0.141. The standard InChI is InChI=1S/C16H25NO2/c1-5-16(2,3)12-17-14(11-15(18)19-4)13-9-7-6-8-10-13/h6-10,14,17H,5,11-12H2,1-4H3/t14-/m0/s1. The molecule has 0 aliphatic heterocycles. The SMILES string of the molecule is CCC(C)(C)CN[C@@H](CC(=O)OC)c1ccccc1. The molecule has 0 radical (unpaired) electrons. The summed E-state index contributed by atoms with van der Waals surface area (Å²) >= 11 is 0. The molecule has 0 unspecified atom stereocenters. The van der Waals surface area contributed by atoms with E-state index in [2.05, 4.69) is 26.1 Å². The highest BCUT2D eigenvalue weighted by atomic mass is 16.5. The van der Waals surface area contributed by atoms with E-state index in [-0.39, 0.29) is 17.4 Å². The van der Waals surface area contributed by atoms with Gasteiger partial charge in [-0.05, 0) is 17.4 Å². The smallest absolute Gasteiger partial charge is 0.307 e. The molecule has 1 rings (SSSR count). The first-order valence-electron chi connectivity index (χ1n) is 6.83. The van der Waals surface area contributed by atoms with Gasteiger partial charge in [0.1, 0.15) is 0 Å². The normalized spacial score (nSPS) is 13.1. The molecule has 1 N–H and O–H groups in total. The summed E-state index contributed by atoms with van der Waals surface area (Å²) in [6.45, 7) is 7.50. The van der Waals surface area contributed by atoms with Gasteiger partial charge in [-0.25, -0.2) is 0 Å². The molecule has 0 saturated heterocycles. The number of benzene rings is 1. The Balaban J connectivity index is 2.73. The quantitative estimate of drug-likeness (QED) is 0.767. The van der Waals surface area contributed by atoms with Crippen LogP contribution >= 0.6 is 0 Å². The number of rotatable bonds is 7. The second-order valence-electron chi connectivity index (χ2n) is 5.64. The van der Waals surface area contributed by atoms with Gasteiger partial charge in [-0.15, -0.1) is 0 Å². The predicted octanol–water partition coefficient (Wildman–Crippen LogP) is 3.32. The molecule has 1 aromatic rings. The Morgan fingerprint density at radius 2 is 1.95 bits per heavy atom. The number of methoxy groups -OCH3 is 1. The summed E-state index contributed by atoms with van der Waals surface area (Å²) in [7, 11) is 1.43. The molecular formula is C16H25NO2. The average Bonchev–Trinajstić information content (AvgIpc) is 2.44. The van der Waals surface area contributed by atoms with Crippen molar-refractivity contribution in [1.29, 1.82) is 0 Å². The Labute approximate surface area is 116 Å². The summed E-state index contributed by atoms with van der Waals surface area (Å²) < 4.78 is 4.78. The summed E-state index contributed by atoms with van der Waals surface area (Å²) in [5.41, 5.74) is 1.35. The van der Waals surface area contributed by atoms with Crippen LogP contribution in [0.2, 0.25) is 0 Å². The summed E-state index contributed by atoms with van der Waals surface area (Å²) in [5.74, 6) is -0.185. The Morgan fingerprint density at radius 1 is 1.32 bits per heavy atom. The summed E-state index contributed by atoms with van der Waals surface area (Å²) in [5, 5.41) is 3.49. The number of carbonyl (C=O) groups is 1. The van der Waals surface area contributed by atoms with Gasteiger partial charge in [0.25, 0.3) is 0 Å². The Bertz CT molecular complexity index is 387. The van der Waals surface area contributed by atoms with Crippen molar-refractivity contribution in [2.75, 3.05) is 13.7 Å². The zero-order valence-corrected chi connectivity index (χ0v) is 12.4.